The van der Waals surface area contributed by atoms with Crippen LogP contribution >= 0.6 is 0 Å². The van der Waals surface area contributed by atoms with E-state index in [4.69, 9.17) is 14.2 Å². The topological polar surface area (TPSA) is 127 Å². The van der Waals surface area contributed by atoms with Crippen LogP contribution in [0, 0.1) is 5.82 Å². The van der Waals surface area contributed by atoms with Gasteiger partial charge in [-0.3, -0.25) is 4.79 Å². The van der Waals surface area contributed by atoms with Gasteiger partial charge in [0.25, 0.3) is 5.91 Å². The Hall–Kier alpha value is -4.28. The van der Waals surface area contributed by atoms with E-state index >= 15 is 0 Å². The van der Waals surface area contributed by atoms with Crippen molar-refractivity contribution in [2.45, 2.75) is 18.4 Å². The molecule has 4 N–H and O–H groups in total. The molecule has 170 valence electrons. The summed E-state index contributed by atoms with van der Waals surface area (Å²) in [6, 6.07) is 8.04. The van der Waals surface area contributed by atoms with Crippen LogP contribution in [0.2, 0.25) is 0 Å². The highest BCUT2D eigenvalue weighted by molar-refractivity contribution is 6.03. The Kier molecular flexibility index (Phi) is 4.81. The van der Waals surface area contributed by atoms with Crippen LogP contribution in [0.4, 0.5) is 33.2 Å². The molecule has 10 nitrogen and oxygen atoms in total. The number of ether oxygens (including phenoxy) is 3. The van der Waals surface area contributed by atoms with Gasteiger partial charge in [-0.05, 0) is 18.2 Å². The van der Waals surface area contributed by atoms with Gasteiger partial charge in [0.15, 0.2) is 28.7 Å². The van der Waals surface area contributed by atoms with Gasteiger partial charge in [0.2, 0.25) is 11.7 Å². The first-order valence-corrected chi connectivity index (χ1v) is 10.1. The maximum Gasteiger partial charge on any atom is 0.268 e. The number of methoxy groups -OCH3 is 2. The number of aromatic hydroxyl groups is 1. The number of phenolic OH excluding ortho intramolecular Hbond substituents is 1. The fourth-order valence-corrected chi connectivity index (χ4v) is 3.53. The molecule has 2 aliphatic rings. The average Bonchev–Trinajstić information content (AvgIpc) is 3.57. The van der Waals surface area contributed by atoms with Gasteiger partial charge < -0.3 is 35.3 Å². The molecule has 1 aromatic heterocycles. The first kappa shape index (κ1) is 20.6. The van der Waals surface area contributed by atoms with Crippen LogP contribution in [-0.2, 0) is 4.79 Å². The molecule has 11 heteroatoms. The number of benzene rings is 2. The van der Waals surface area contributed by atoms with Crippen molar-refractivity contribution in [2.24, 2.45) is 0 Å². The summed E-state index contributed by atoms with van der Waals surface area (Å²) < 4.78 is 30.5. The van der Waals surface area contributed by atoms with E-state index in [0.29, 0.717) is 41.4 Å². The number of fused-ring (bicyclic) bond motifs is 1. The Balaban J connectivity index is 1.37. The molecule has 1 amide bonds. The Bertz CT molecular complexity index is 1260. The van der Waals surface area contributed by atoms with E-state index in [1.165, 1.54) is 20.3 Å². The fourth-order valence-electron chi connectivity index (χ4n) is 3.53. The summed E-state index contributed by atoms with van der Waals surface area (Å²) >= 11 is 0. The van der Waals surface area contributed by atoms with Crippen molar-refractivity contribution in [1.82, 2.24) is 9.97 Å². The standard InChI is InChI=1S/C22H20FN5O5/c1-31-17-9-12(8-15(29)18(17)32-2)26-21-24-10-13(23)19(28-21)25-11-3-4-16-14(7-11)27-20(30)22(33-16)5-6-22/h3-4,7-10,29H,5-6H2,1-2H3,(H,27,30)(H2,24,25,26,28). The number of carbonyl (C=O) groups is 1. The van der Waals surface area contributed by atoms with Crippen molar-refractivity contribution >= 4 is 34.7 Å². The third-order valence-corrected chi connectivity index (χ3v) is 5.37. The zero-order valence-electron chi connectivity index (χ0n) is 17.7. The number of nitrogens with zero attached hydrogens (tertiary/aromatic N) is 2. The van der Waals surface area contributed by atoms with E-state index in [0.717, 1.165) is 6.20 Å². The van der Waals surface area contributed by atoms with Crippen LogP contribution in [-0.4, -0.2) is 40.8 Å². The average molecular weight is 453 g/mol. The monoisotopic (exact) mass is 453 g/mol. The van der Waals surface area contributed by atoms with Crippen LogP contribution in [0.25, 0.3) is 0 Å². The molecule has 0 unspecified atom stereocenters. The van der Waals surface area contributed by atoms with Gasteiger partial charge in [0.1, 0.15) is 5.75 Å². The zero-order chi connectivity index (χ0) is 23.2. The van der Waals surface area contributed by atoms with Gasteiger partial charge >= 0.3 is 0 Å². The zero-order valence-corrected chi connectivity index (χ0v) is 17.7. The minimum atomic E-state index is -0.736. The maximum absolute atomic E-state index is 14.4. The van der Waals surface area contributed by atoms with Gasteiger partial charge in [-0.25, -0.2) is 9.37 Å². The molecule has 2 heterocycles. The molecule has 1 fully saturated rings. The molecule has 2 aromatic carbocycles. The number of carbonyl (C=O) groups excluding carboxylic acids is 1. The number of hydrogen-bond acceptors (Lipinski definition) is 9. The van der Waals surface area contributed by atoms with Crippen molar-refractivity contribution in [3.05, 3.63) is 42.3 Å². The minimum Gasteiger partial charge on any atom is -0.504 e. The van der Waals surface area contributed by atoms with Crippen molar-refractivity contribution in [2.75, 3.05) is 30.2 Å². The number of amides is 1. The first-order chi connectivity index (χ1) is 15.9. The molecular weight excluding hydrogens is 433 g/mol. The predicted molar refractivity (Wildman–Crippen MR) is 117 cm³/mol. The molecule has 1 saturated carbocycles. The molecular formula is C22H20FN5O5. The van der Waals surface area contributed by atoms with E-state index in [2.05, 4.69) is 25.9 Å². The molecule has 1 aliphatic carbocycles. The number of aromatic nitrogens is 2. The van der Waals surface area contributed by atoms with E-state index in [1.54, 1.807) is 24.3 Å². The second-order valence-corrected chi connectivity index (χ2v) is 7.63. The molecule has 0 atom stereocenters. The lowest BCUT2D eigenvalue weighted by Gasteiger charge is -2.26. The molecule has 1 aliphatic heterocycles. The summed E-state index contributed by atoms with van der Waals surface area (Å²) in [7, 11) is 2.85. The van der Waals surface area contributed by atoms with Crippen molar-refractivity contribution in [3.63, 3.8) is 0 Å². The second-order valence-electron chi connectivity index (χ2n) is 7.63. The summed E-state index contributed by atoms with van der Waals surface area (Å²) in [5.74, 6) is 0.0427. The highest BCUT2D eigenvalue weighted by Gasteiger charge is 2.55. The molecule has 33 heavy (non-hydrogen) atoms. The molecule has 0 saturated heterocycles. The molecule has 0 bridgehead atoms. The number of anilines is 5. The third-order valence-electron chi connectivity index (χ3n) is 5.37. The number of nitrogens with one attached hydrogen (secondary N) is 3. The van der Waals surface area contributed by atoms with Gasteiger partial charge in [-0.2, -0.15) is 4.98 Å². The lowest BCUT2D eigenvalue weighted by atomic mass is 10.2. The third kappa shape index (κ3) is 3.77. The summed E-state index contributed by atoms with van der Waals surface area (Å²) in [4.78, 5) is 20.3. The van der Waals surface area contributed by atoms with E-state index in [1.807, 2.05) is 0 Å². The van der Waals surface area contributed by atoms with Crippen LogP contribution in [0.15, 0.2) is 36.5 Å². The summed E-state index contributed by atoms with van der Waals surface area (Å²) in [5.41, 5.74) is 0.665. The quantitative estimate of drug-likeness (QED) is 0.442. The lowest BCUT2D eigenvalue weighted by Crippen LogP contribution is -2.38. The normalized spacial score (nSPS) is 15.2. The van der Waals surface area contributed by atoms with Crippen LogP contribution < -0.4 is 30.2 Å². The highest BCUT2D eigenvalue weighted by Crippen LogP contribution is 2.47. The lowest BCUT2D eigenvalue weighted by molar-refractivity contribution is -0.125. The van der Waals surface area contributed by atoms with Gasteiger partial charge in [0, 0.05) is 36.3 Å². The Labute approximate surface area is 187 Å². The molecule has 0 radical (unpaired) electrons. The van der Waals surface area contributed by atoms with Crippen LogP contribution in [0.5, 0.6) is 23.0 Å². The van der Waals surface area contributed by atoms with E-state index < -0.39 is 11.4 Å². The van der Waals surface area contributed by atoms with Crippen LogP contribution in [0.1, 0.15) is 12.8 Å². The van der Waals surface area contributed by atoms with Crippen LogP contribution in [0.3, 0.4) is 0 Å². The Morgan fingerprint density at radius 2 is 1.97 bits per heavy atom. The van der Waals surface area contributed by atoms with Gasteiger partial charge in [-0.15, -0.1) is 0 Å². The van der Waals surface area contributed by atoms with Crippen molar-refractivity contribution in [3.8, 4) is 23.0 Å². The first-order valence-electron chi connectivity index (χ1n) is 10.1. The molecule has 3 aromatic rings. The largest absolute Gasteiger partial charge is 0.504 e. The highest BCUT2D eigenvalue weighted by atomic mass is 19.1. The number of hydrogen-bond donors (Lipinski definition) is 4. The van der Waals surface area contributed by atoms with E-state index in [-0.39, 0.29) is 29.2 Å². The second kappa shape index (κ2) is 7.69. The SMILES string of the molecule is COc1cc(Nc2ncc(F)c(Nc3ccc4c(c3)NC(=O)C3(CC3)O4)n2)cc(O)c1OC. The Morgan fingerprint density at radius 1 is 1.15 bits per heavy atom. The minimum absolute atomic E-state index is 0.0794. The molecule has 5 rings (SSSR count). The number of halogens is 1. The Morgan fingerprint density at radius 3 is 2.70 bits per heavy atom. The number of phenols is 1. The predicted octanol–water partition coefficient (Wildman–Crippen LogP) is 3.69. The van der Waals surface area contributed by atoms with E-state index in [9.17, 15) is 14.3 Å². The fraction of sp³-hybridized carbons (Fsp3) is 0.227. The van der Waals surface area contributed by atoms with Gasteiger partial charge in [-0.1, -0.05) is 0 Å². The smallest absolute Gasteiger partial charge is 0.268 e. The van der Waals surface area contributed by atoms with Crippen molar-refractivity contribution in [1.29, 1.82) is 0 Å². The van der Waals surface area contributed by atoms with Gasteiger partial charge in [0.05, 0.1) is 26.1 Å². The summed E-state index contributed by atoms with van der Waals surface area (Å²) in [6.45, 7) is 0. The summed E-state index contributed by atoms with van der Waals surface area (Å²) in [5, 5.41) is 18.7. The van der Waals surface area contributed by atoms with Crippen molar-refractivity contribution < 1.29 is 28.5 Å². The summed E-state index contributed by atoms with van der Waals surface area (Å²) in [6.07, 6.45) is 2.40. The maximum atomic E-state index is 14.4. The molecule has 1 spiro atoms. The number of rotatable bonds is 6.